The van der Waals surface area contributed by atoms with Crippen molar-refractivity contribution >= 4 is 39.2 Å². The van der Waals surface area contributed by atoms with Crippen molar-refractivity contribution < 1.29 is 23.9 Å². The van der Waals surface area contributed by atoms with Crippen LogP contribution in [0.25, 0.3) is 0 Å². The van der Waals surface area contributed by atoms with Crippen LogP contribution in [0.3, 0.4) is 0 Å². The third-order valence-corrected chi connectivity index (χ3v) is 5.07. The van der Waals surface area contributed by atoms with Gasteiger partial charge in [-0.05, 0) is 18.2 Å². The lowest BCUT2D eigenvalue weighted by molar-refractivity contribution is -0.384. The number of nitrogens with zero attached hydrogens (tertiary/aromatic N) is 1. The molecule has 142 valence electrons. The molecule has 1 aliphatic heterocycles. The van der Waals surface area contributed by atoms with E-state index in [0.717, 1.165) is 0 Å². The van der Waals surface area contributed by atoms with Crippen LogP contribution in [0.15, 0.2) is 48.5 Å². The number of hydrogen-bond acceptors (Lipinski definition) is 6. The lowest BCUT2D eigenvalue weighted by atomic mass is 10.1. The molecule has 1 fully saturated rings. The molecular formula is C18H15BrClNO6. The molecule has 3 rings (SSSR count). The van der Waals surface area contributed by atoms with E-state index in [4.69, 9.17) is 25.8 Å². The highest BCUT2D eigenvalue weighted by atomic mass is 79.9. The summed E-state index contributed by atoms with van der Waals surface area (Å²) >= 11 is 9.55. The quantitative estimate of drug-likeness (QED) is 0.282. The molecule has 0 saturated carbocycles. The van der Waals surface area contributed by atoms with E-state index in [1.165, 1.54) is 18.2 Å². The zero-order valence-corrected chi connectivity index (χ0v) is 16.3. The summed E-state index contributed by atoms with van der Waals surface area (Å²) in [6, 6.07) is 12.7. The van der Waals surface area contributed by atoms with Gasteiger partial charge in [0.05, 0.1) is 27.4 Å². The average Bonchev–Trinajstić information content (AvgIpc) is 3.11. The van der Waals surface area contributed by atoms with Gasteiger partial charge in [-0.2, -0.15) is 0 Å². The number of hydrogen-bond donors (Lipinski definition) is 0. The first-order chi connectivity index (χ1) is 12.9. The molecule has 1 aliphatic rings. The van der Waals surface area contributed by atoms with Crippen molar-refractivity contribution in [2.45, 2.75) is 11.9 Å². The number of halogens is 2. The Morgan fingerprint density at radius 1 is 1.33 bits per heavy atom. The van der Waals surface area contributed by atoms with E-state index >= 15 is 0 Å². The molecule has 0 aliphatic carbocycles. The average molecular weight is 457 g/mol. The molecule has 1 saturated heterocycles. The van der Waals surface area contributed by atoms with Gasteiger partial charge >= 0.3 is 5.97 Å². The van der Waals surface area contributed by atoms with Crippen LogP contribution in [0, 0.1) is 10.1 Å². The third kappa shape index (κ3) is 4.30. The second kappa shape index (κ2) is 8.35. The van der Waals surface area contributed by atoms with E-state index in [-0.39, 0.29) is 29.3 Å². The number of alkyl halides is 1. The van der Waals surface area contributed by atoms with Gasteiger partial charge in [-0.15, -0.1) is 0 Å². The Morgan fingerprint density at radius 3 is 2.70 bits per heavy atom. The minimum absolute atomic E-state index is 0.00702. The maximum Gasteiger partial charge on any atom is 0.338 e. The fourth-order valence-corrected chi connectivity index (χ4v) is 3.60. The smallest absolute Gasteiger partial charge is 0.338 e. The molecule has 1 heterocycles. The van der Waals surface area contributed by atoms with Crippen molar-refractivity contribution in [3.05, 3.63) is 74.8 Å². The summed E-state index contributed by atoms with van der Waals surface area (Å²) in [6.07, 6.45) is -0.499. The van der Waals surface area contributed by atoms with Crippen LogP contribution >= 0.6 is 27.5 Å². The number of carbonyl (C=O) groups excluding carboxylic acids is 1. The first-order valence-electron chi connectivity index (χ1n) is 7.99. The van der Waals surface area contributed by atoms with Gasteiger partial charge in [-0.25, -0.2) is 4.79 Å². The Hall–Kier alpha value is -2.00. The second-order valence-electron chi connectivity index (χ2n) is 5.82. The summed E-state index contributed by atoms with van der Waals surface area (Å²) < 4.78 is 17.0. The van der Waals surface area contributed by atoms with Gasteiger partial charge in [0.25, 0.3) is 5.69 Å². The van der Waals surface area contributed by atoms with Crippen molar-refractivity contribution in [1.29, 1.82) is 0 Å². The third-order valence-electron chi connectivity index (χ3n) is 4.02. The van der Waals surface area contributed by atoms with Gasteiger partial charge in [0.2, 0.25) is 5.79 Å². The van der Waals surface area contributed by atoms with Crippen molar-refractivity contribution in [2.24, 2.45) is 0 Å². The first-order valence-corrected chi connectivity index (χ1v) is 9.49. The Morgan fingerprint density at radius 2 is 2.07 bits per heavy atom. The van der Waals surface area contributed by atoms with Crippen LogP contribution < -0.4 is 0 Å². The highest BCUT2D eigenvalue weighted by Crippen LogP contribution is 2.40. The van der Waals surface area contributed by atoms with Crippen molar-refractivity contribution in [2.75, 3.05) is 18.5 Å². The fraction of sp³-hybridized carbons (Fsp3) is 0.278. The van der Waals surface area contributed by atoms with Crippen molar-refractivity contribution in [1.82, 2.24) is 0 Å². The minimum Gasteiger partial charge on any atom is -0.459 e. The summed E-state index contributed by atoms with van der Waals surface area (Å²) in [5.74, 6) is -1.67. The number of esters is 1. The Balaban J connectivity index is 1.69. The molecule has 0 amide bonds. The fourth-order valence-electron chi connectivity index (χ4n) is 2.68. The van der Waals surface area contributed by atoms with E-state index in [2.05, 4.69) is 15.9 Å². The highest BCUT2D eigenvalue weighted by molar-refractivity contribution is 9.09. The number of benzene rings is 2. The van der Waals surface area contributed by atoms with E-state index < -0.39 is 22.8 Å². The first kappa shape index (κ1) is 19.8. The van der Waals surface area contributed by atoms with E-state index in [1.54, 1.807) is 24.3 Å². The SMILES string of the molecule is O=C(OC[C@@H]1CO[C@@](CBr)(c2ccc([N+](=O)[O-])cc2Cl)O1)c1ccccc1. The van der Waals surface area contributed by atoms with E-state index in [0.29, 0.717) is 11.1 Å². The van der Waals surface area contributed by atoms with Crippen LogP contribution in [0.1, 0.15) is 15.9 Å². The normalized spacial score (nSPS) is 21.8. The Bertz CT molecular complexity index is 849. The van der Waals surface area contributed by atoms with Crippen LogP contribution in [0.2, 0.25) is 5.02 Å². The molecule has 27 heavy (non-hydrogen) atoms. The minimum atomic E-state index is -1.21. The zero-order chi connectivity index (χ0) is 19.4. The molecule has 0 N–H and O–H groups in total. The van der Waals surface area contributed by atoms with Gasteiger partial charge in [-0.3, -0.25) is 10.1 Å². The zero-order valence-electron chi connectivity index (χ0n) is 14.0. The molecule has 2 aromatic rings. The number of nitro groups is 1. The van der Waals surface area contributed by atoms with E-state index in [9.17, 15) is 14.9 Å². The van der Waals surface area contributed by atoms with E-state index in [1.807, 2.05) is 6.07 Å². The van der Waals surface area contributed by atoms with Crippen molar-refractivity contribution in [3.63, 3.8) is 0 Å². The standard InChI is InChI=1S/C18H15BrClNO6/c19-11-18(15-7-6-13(21(23)24)8-16(15)20)26-10-14(27-18)9-25-17(22)12-4-2-1-3-5-12/h1-8,14H,9-11H2/t14-,18-/m1/s1. The van der Waals surface area contributed by atoms with Crippen LogP contribution in [0.4, 0.5) is 5.69 Å². The molecule has 0 bridgehead atoms. The number of non-ortho nitro benzene ring substituents is 1. The van der Waals surface area contributed by atoms with Gasteiger partial charge < -0.3 is 14.2 Å². The lowest BCUT2D eigenvalue weighted by Crippen LogP contribution is -2.31. The molecule has 0 spiro atoms. The molecule has 0 radical (unpaired) electrons. The number of ether oxygens (including phenoxy) is 3. The molecule has 9 heteroatoms. The molecule has 2 aromatic carbocycles. The van der Waals surface area contributed by atoms with Crippen LogP contribution in [-0.2, 0) is 20.0 Å². The highest BCUT2D eigenvalue weighted by Gasteiger charge is 2.44. The number of carbonyl (C=O) groups is 1. The Labute approximate surface area is 168 Å². The van der Waals surface area contributed by atoms with Crippen LogP contribution in [0.5, 0.6) is 0 Å². The maximum atomic E-state index is 12.0. The Kier molecular flexibility index (Phi) is 6.11. The maximum absolute atomic E-state index is 12.0. The molecule has 2 atom stereocenters. The molecular weight excluding hydrogens is 442 g/mol. The topological polar surface area (TPSA) is 87.9 Å². The number of nitro benzene ring substituents is 1. The summed E-state index contributed by atoms with van der Waals surface area (Å²) in [4.78, 5) is 22.4. The number of rotatable bonds is 6. The monoisotopic (exact) mass is 455 g/mol. The summed E-state index contributed by atoms with van der Waals surface area (Å²) in [5, 5.41) is 11.3. The molecule has 0 aromatic heterocycles. The summed E-state index contributed by atoms with van der Waals surface area (Å²) in [6.45, 7) is 0.189. The van der Waals surface area contributed by atoms with Crippen LogP contribution in [-0.4, -0.2) is 35.5 Å². The predicted octanol–water partition coefficient (Wildman–Crippen LogP) is 4.07. The predicted molar refractivity (Wildman–Crippen MR) is 101 cm³/mol. The van der Waals surface area contributed by atoms with Gasteiger partial charge in [0.15, 0.2) is 0 Å². The van der Waals surface area contributed by atoms with Crippen molar-refractivity contribution in [3.8, 4) is 0 Å². The summed E-state index contributed by atoms with van der Waals surface area (Å²) in [7, 11) is 0. The molecule has 0 unspecified atom stereocenters. The summed E-state index contributed by atoms with van der Waals surface area (Å²) in [5.41, 5.74) is 0.782. The van der Waals surface area contributed by atoms with Gasteiger partial charge in [0, 0.05) is 17.7 Å². The lowest BCUT2D eigenvalue weighted by Gasteiger charge is -2.27. The van der Waals surface area contributed by atoms with Gasteiger partial charge in [0.1, 0.15) is 12.7 Å². The molecule has 7 nitrogen and oxygen atoms in total. The largest absolute Gasteiger partial charge is 0.459 e. The second-order valence-corrected chi connectivity index (χ2v) is 6.79. The van der Waals surface area contributed by atoms with Gasteiger partial charge in [-0.1, -0.05) is 45.7 Å².